The molecule has 1 aliphatic carbocycles. The van der Waals surface area contributed by atoms with Gasteiger partial charge in [-0.3, -0.25) is 9.89 Å². The Kier molecular flexibility index (Phi) is 5.26. The van der Waals surface area contributed by atoms with Crippen molar-refractivity contribution in [3.8, 4) is 0 Å². The van der Waals surface area contributed by atoms with Crippen molar-refractivity contribution in [3.63, 3.8) is 0 Å². The number of aromatic amines is 1. The second-order valence-corrected chi connectivity index (χ2v) is 8.40. The van der Waals surface area contributed by atoms with Gasteiger partial charge in [-0.25, -0.2) is 4.48 Å². The highest BCUT2D eigenvalue weighted by atomic mass is 16.3. The third kappa shape index (κ3) is 3.49. The first-order valence-electron chi connectivity index (χ1n) is 10.4. The smallest absolute Gasteiger partial charge is 0.331 e. The lowest BCUT2D eigenvalue weighted by Gasteiger charge is -2.35. The van der Waals surface area contributed by atoms with E-state index in [1.54, 1.807) is 0 Å². The Morgan fingerprint density at radius 2 is 2.21 bits per heavy atom. The molecule has 0 bridgehead atoms. The van der Waals surface area contributed by atoms with Crippen molar-refractivity contribution in [1.29, 1.82) is 0 Å². The Morgan fingerprint density at radius 1 is 1.38 bits per heavy atom. The van der Waals surface area contributed by atoms with E-state index >= 15 is 0 Å². The van der Waals surface area contributed by atoms with E-state index < -0.39 is 6.04 Å². The standard InChI is InChI=1S/C20H29N7O2/c1-12(2)15-11-17(26-25-15)23-19-13-5-3-6-14(13)22-20(24-19)27(9-10-28)8-4-7-16(27)18(21)29/h11-12,16,28H,3-10H2,1-2H3,(H3-,21,22,23,24,25,26,29)/p+1. The van der Waals surface area contributed by atoms with Crippen LogP contribution in [0.2, 0.25) is 0 Å². The number of quaternary nitrogens is 1. The molecule has 1 amide bonds. The van der Waals surface area contributed by atoms with Crippen LogP contribution in [0.3, 0.4) is 0 Å². The summed E-state index contributed by atoms with van der Waals surface area (Å²) in [5.41, 5.74) is 8.90. The highest BCUT2D eigenvalue weighted by molar-refractivity contribution is 5.82. The Bertz CT molecular complexity index is 910. The van der Waals surface area contributed by atoms with Crippen LogP contribution in [0.4, 0.5) is 17.6 Å². The van der Waals surface area contributed by atoms with E-state index in [0.29, 0.717) is 37.2 Å². The molecule has 0 radical (unpaired) electrons. The van der Waals surface area contributed by atoms with Gasteiger partial charge in [-0.1, -0.05) is 13.8 Å². The van der Waals surface area contributed by atoms with E-state index in [1.807, 2.05) is 6.07 Å². The van der Waals surface area contributed by atoms with Crippen molar-refractivity contribution in [2.75, 3.05) is 25.0 Å². The molecule has 1 aliphatic heterocycles. The first kappa shape index (κ1) is 19.8. The summed E-state index contributed by atoms with van der Waals surface area (Å²) in [6.45, 7) is 5.25. The van der Waals surface area contributed by atoms with Gasteiger partial charge in [-0.05, 0) is 25.2 Å². The van der Waals surface area contributed by atoms with Gasteiger partial charge in [0.1, 0.15) is 12.4 Å². The Hall–Kier alpha value is -2.52. The molecule has 3 heterocycles. The number of aliphatic hydroxyl groups excluding tert-OH is 1. The minimum absolute atomic E-state index is 0.0515. The first-order valence-corrected chi connectivity index (χ1v) is 10.4. The monoisotopic (exact) mass is 400 g/mol. The number of nitrogens with one attached hydrogen (secondary N) is 2. The predicted octanol–water partition coefficient (Wildman–Crippen LogP) is 1.50. The highest BCUT2D eigenvalue weighted by Crippen LogP contribution is 2.36. The number of carbonyl (C=O) groups excluding carboxylic acids is 1. The maximum atomic E-state index is 12.2. The van der Waals surface area contributed by atoms with Gasteiger partial charge in [0.05, 0.1) is 18.8 Å². The Morgan fingerprint density at radius 3 is 2.90 bits per heavy atom. The van der Waals surface area contributed by atoms with Crippen LogP contribution in [0.15, 0.2) is 6.07 Å². The van der Waals surface area contributed by atoms with Gasteiger partial charge in [0.15, 0.2) is 11.9 Å². The largest absolute Gasteiger partial charge is 0.390 e. The summed E-state index contributed by atoms with van der Waals surface area (Å²) in [5.74, 6) is 2.03. The van der Waals surface area contributed by atoms with E-state index in [9.17, 15) is 9.90 Å². The number of anilines is 2. The number of hydrogen-bond donors (Lipinski definition) is 4. The van der Waals surface area contributed by atoms with Crippen LogP contribution in [0.1, 0.15) is 56.0 Å². The number of aryl methyl sites for hydroxylation is 1. The van der Waals surface area contributed by atoms with Crippen molar-refractivity contribution < 1.29 is 9.90 Å². The topological polar surface area (TPSA) is 130 Å². The molecular weight excluding hydrogens is 370 g/mol. The number of aliphatic hydroxyl groups is 1. The van der Waals surface area contributed by atoms with E-state index in [0.717, 1.165) is 48.5 Å². The molecule has 2 atom stereocenters. The lowest BCUT2D eigenvalue weighted by molar-refractivity contribution is -0.122. The fourth-order valence-electron chi connectivity index (χ4n) is 4.68. The number of nitrogens with two attached hydrogens (primary N) is 1. The summed E-state index contributed by atoms with van der Waals surface area (Å²) in [6.07, 6.45) is 4.37. The van der Waals surface area contributed by atoms with E-state index in [-0.39, 0.29) is 17.0 Å². The summed E-state index contributed by atoms with van der Waals surface area (Å²) in [7, 11) is 0. The van der Waals surface area contributed by atoms with Gasteiger partial charge in [-0.2, -0.15) is 15.1 Å². The van der Waals surface area contributed by atoms with Gasteiger partial charge in [0.2, 0.25) is 0 Å². The fourth-order valence-corrected chi connectivity index (χ4v) is 4.68. The molecule has 156 valence electrons. The Labute approximate surface area is 170 Å². The van der Waals surface area contributed by atoms with Crippen molar-refractivity contribution >= 4 is 23.5 Å². The number of nitrogens with zero attached hydrogens (tertiary/aromatic N) is 4. The number of primary amides is 1. The summed E-state index contributed by atoms with van der Waals surface area (Å²) in [5, 5.41) is 20.5. The van der Waals surface area contributed by atoms with Crippen LogP contribution < -0.4 is 15.5 Å². The molecule has 2 aromatic rings. The molecule has 0 saturated carbocycles. The number of amides is 1. The van der Waals surface area contributed by atoms with Crippen molar-refractivity contribution in [2.24, 2.45) is 5.73 Å². The summed E-state index contributed by atoms with van der Waals surface area (Å²) in [6, 6.07) is 1.58. The average molecular weight is 401 g/mol. The second-order valence-electron chi connectivity index (χ2n) is 8.40. The minimum Gasteiger partial charge on any atom is -0.390 e. The molecule has 9 nitrogen and oxygen atoms in total. The number of H-pyrrole nitrogens is 1. The SMILES string of the molecule is CC(C)c1cc(Nc2nc([N+]3(CCO)CCCC3C(N)=O)nc3c2CCC3)n[nH]1. The molecule has 1 fully saturated rings. The van der Waals surface area contributed by atoms with Crippen LogP contribution in [0.5, 0.6) is 0 Å². The van der Waals surface area contributed by atoms with E-state index in [2.05, 4.69) is 29.4 Å². The number of carbonyl (C=O) groups is 1. The van der Waals surface area contributed by atoms with Gasteiger partial charge < -0.3 is 16.2 Å². The second kappa shape index (κ2) is 7.72. The summed E-state index contributed by atoms with van der Waals surface area (Å²) >= 11 is 0. The molecule has 1 saturated heterocycles. The molecule has 2 aliphatic rings. The van der Waals surface area contributed by atoms with Crippen LogP contribution in [0, 0.1) is 0 Å². The molecule has 0 aromatic carbocycles. The maximum absolute atomic E-state index is 12.2. The molecule has 4 rings (SSSR count). The lowest BCUT2D eigenvalue weighted by atomic mass is 10.1. The Balaban J connectivity index is 1.76. The van der Waals surface area contributed by atoms with Gasteiger partial charge in [0, 0.05) is 30.2 Å². The minimum atomic E-state index is -0.410. The number of likely N-dealkylation sites (tertiary alicyclic amines) is 1. The summed E-state index contributed by atoms with van der Waals surface area (Å²) < 4.78 is 0.228. The zero-order valence-corrected chi connectivity index (χ0v) is 17.1. The number of rotatable bonds is 7. The van der Waals surface area contributed by atoms with Crippen molar-refractivity contribution in [3.05, 3.63) is 23.0 Å². The predicted molar refractivity (Wildman–Crippen MR) is 111 cm³/mol. The van der Waals surface area contributed by atoms with Crippen LogP contribution >= 0.6 is 0 Å². The zero-order chi connectivity index (χ0) is 20.6. The van der Waals surface area contributed by atoms with Gasteiger partial charge in [-0.15, -0.1) is 0 Å². The molecule has 29 heavy (non-hydrogen) atoms. The maximum Gasteiger partial charge on any atom is 0.331 e. The van der Waals surface area contributed by atoms with Crippen molar-refractivity contribution in [1.82, 2.24) is 24.6 Å². The molecule has 2 unspecified atom stereocenters. The third-order valence-corrected chi connectivity index (χ3v) is 6.24. The fraction of sp³-hybridized carbons (Fsp3) is 0.600. The normalized spacial score (nSPS) is 23.5. The van der Waals surface area contributed by atoms with Gasteiger partial charge >= 0.3 is 5.95 Å². The molecule has 9 heteroatoms. The molecular formula is C20H30N7O2+. The van der Waals surface area contributed by atoms with Crippen LogP contribution in [-0.4, -0.2) is 56.9 Å². The number of hydrogen-bond acceptors (Lipinski definition) is 6. The molecule has 0 spiro atoms. The molecule has 5 N–H and O–H groups in total. The number of aromatic nitrogens is 4. The van der Waals surface area contributed by atoms with E-state index in [4.69, 9.17) is 15.7 Å². The number of fused-ring (bicyclic) bond motifs is 1. The van der Waals surface area contributed by atoms with Crippen LogP contribution in [-0.2, 0) is 17.6 Å². The third-order valence-electron chi connectivity index (χ3n) is 6.24. The van der Waals surface area contributed by atoms with E-state index in [1.165, 1.54) is 0 Å². The highest BCUT2D eigenvalue weighted by Gasteiger charge is 2.49. The first-order chi connectivity index (χ1) is 13.9. The average Bonchev–Trinajstić information content (AvgIpc) is 3.41. The quantitative estimate of drug-likeness (QED) is 0.521. The van der Waals surface area contributed by atoms with Crippen LogP contribution in [0.25, 0.3) is 0 Å². The lowest BCUT2D eigenvalue weighted by Crippen LogP contribution is -2.60. The van der Waals surface area contributed by atoms with Crippen molar-refractivity contribution in [2.45, 2.75) is 57.9 Å². The van der Waals surface area contributed by atoms with Gasteiger partial charge in [0.25, 0.3) is 5.91 Å². The zero-order valence-electron chi connectivity index (χ0n) is 17.1. The molecule has 2 aromatic heterocycles. The summed E-state index contributed by atoms with van der Waals surface area (Å²) in [4.78, 5) is 21.9.